The van der Waals surface area contributed by atoms with Crippen LogP contribution in [0.3, 0.4) is 0 Å². The molecule has 2 nitrogen and oxygen atoms in total. The Morgan fingerprint density at radius 2 is 1.57 bits per heavy atom. The van der Waals surface area contributed by atoms with Crippen LogP contribution >= 0.6 is 0 Å². The van der Waals surface area contributed by atoms with E-state index < -0.39 is 0 Å². The van der Waals surface area contributed by atoms with Crippen LogP contribution < -0.4 is 0 Å². The molecule has 0 radical (unpaired) electrons. The number of imidazole rings is 1. The Bertz CT molecular complexity index is 1030. The molecule has 2 aromatic carbocycles. The van der Waals surface area contributed by atoms with Gasteiger partial charge < -0.3 is 0 Å². The summed E-state index contributed by atoms with van der Waals surface area (Å²) in [6.45, 7) is 10.2. The molecule has 0 amide bonds. The second kappa shape index (κ2) is 4.13. The molecule has 0 saturated heterocycles. The van der Waals surface area contributed by atoms with E-state index in [1.54, 1.807) is 0 Å². The molecule has 2 aromatic heterocycles. The Kier molecular flexibility index (Phi) is 2.36. The summed E-state index contributed by atoms with van der Waals surface area (Å²) in [5.74, 6) is 0. The Morgan fingerprint density at radius 1 is 0.952 bits per heavy atom. The normalized spacial score (nSPS) is 11.5. The number of hydrogen-bond donors (Lipinski definition) is 0. The van der Waals surface area contributed by atoms with Crippen LogP contribution in [-0.2, 0) is 0 Å². The summed E-state index contributed by atoms with van der Waals surface area (Å²) in [6.07, 6.45) is 1.81. The lowest BCUT2D eigenvalue weighted by atomic mass is 10.2. The number of allylic oxidation sites excluding steroid dienone is 2. The number of benzene rings is 2. The Balaban J connectivity index is 2.39. The summed E-state index contributed by atoms with van der Waals surface area (Å²) in [4.78, 5) is 0. The van der Waals surface area contributed by atoms with Gasteiger partial charge in [0.05, 0.1) is 16.6 Å². The van der Waals surface area contributed by atoms with Gasteiger partial charge in [-0.3, -0.25) is 8.97 Å². The molecule has 0 atom stereocenters. The maximum absolute atomic E-state index is 4.16. The van der Waals surface area contributed by atoms with E-state index in [0.29, 0.717) is 0 Å². The van der Waals surface area contributed by atoms with Crippen molar-refractivity contribution in [1.82, 2.24) is 8.97 Å². The molecular formula is C19H16N2. The second-order valence-corrected chi connectivity index (χ2v) is 5.32. The molecule has 4 aromatic rings. The van der Waals surface area contributed by atoms with Crippen molar-refractivity contribution in [2.75, 3.05) is 0 Å². The molecule has 0 aliphatic carbocycles. The second-order valence-electron chi connectivity index (χ2n) is 5.32. The first-order valence-electron chi connectivity index (χ1n) is 7.05. The maximum Gasteiger partial charge on any atom is 0.126 e. The van der Waals surface area contributed by atoms with Crippen LogP contribution in [0.15, 0.2) is 67.8 Å². The summed E-state index contributed by atoms with van der Waals surface area (Å²) < 4.78 is 4.51. The van der Waals surface area contributed by atoms with Gasteiger partial charge in [-0.15, -0.1) is 0 Å². The van der Waals surface area contributed by atoms with Gasteiger partial charge in [0.2, 0.25) is 0 Å². The fourth-order valence-corrected chi connectivity index (χ4v) is 3.24. The Morgan fingerprint density at radius 3 is 2.29 bits per heavy atom. The molecule has 4 rings (SSSR count). The first-order chi connectivity index (χ1) is 10.2. The number of aromatic nitrogens is 2. The van der Waals surface area contributed by atoms with E-state index in [0.717, 1.165) is 11.2 Å². The van der Waals surface area contributed by atoms with Crippen molar-refractivity contribution in [3.63, 3.8) is 0 Å². The van der Waals surface area contributed by atoms with Crippen LogP contribution in [-0.4, -0.2) is 8.97 Å². The quantitative estimate of drug-likeness (QED) is 0.454. The fraction of sp³-hybridized carbons (Fsp3) is 0.0526. The van der Waals surface area contributed by atoms with E-state index in [-0.39, 0.29) is 0 Å². The average Bonchev–Trinajstić information content (AvgIpc) is 3.01. The molecule has 0 aliphatic rings. The topological polar surface area (TPSA) is 9.34 Å². The summed E-state index contributed by atoms with van der Waals surface area (Å²) in [7, 11) is 0. The van der Waals surface area contributed by atoms with Gasteiger partial charge >= 0.3 is 0 Å². The third-order valence-corrected chi connectivity index (χ3v) is 4.19. The highest BCUT2D eigenvalue weighted by molar-refractivity contribution is 6.00. The number of nitrogens with zero attached hydrogens (tertiary/aromatic N) is 2. The number of rotatable bonds is 2. The van der Waals surface area contributed by atoms with Crippen molar-refractivity contribution >= 4 is 33.3 Å². The van der Waals surface area contributed by atoms with E-state index in [1.165, 1.54) is 27.6 Å². The first-order valence-corrected chi connectivity index (χ1v) is 7.05. The maximum atomic E-state index is 4.16. The summed E-state index contributed by atoms with van der Waals surface area (Å²) in [5, 5.41) is 1.28. The fourth-order valence-electron chi connectivity index (χ4n) is 3.24. The van der Waals surface area contributed by atoms with E-state index in [9.17, 15) is 0 Å². The summed E-state index contributed by atoms with van der Waals surface area (Å²) in [5.41, 5.74) is 6.92. The molecule has 0 bridgehead atoms. The monoisotopic (exact) mass is 272 g/mol. The lowest BCUT2D eigenvalue weighted by Gasteiger charge is -2.05. The minimum absolute atomic E-state index is 0.895. The van der Waals surface area contributed by atoms with Gasteiger partial charge in [0.15, 0.2) is 0 Å². The highest BCUT2D eigenvalue weighted by Crippen LogP contribution is 2.33. The zero-order valence-corrected chi connectivity index (χ0v) is 12.0. The average molecular weight is 272 g/mol. The molecule has 0 saturated carbocycles. The molecule has 0 aliphatic heterocycles. The van der Waals surface area contributed by atoms with Crippen molar-refractivity contribution in [1.29, 1.82) is 0 Å². The van der Waals surface area contributed by atoms with Crippen LogP contribution in [0.1, 0.15) is 5.56 Å². The number of para-hydroxylation sites is 3. The van der Waals surface area contributed by atoms with Crippen molar-refractivity contribution in [2.45, 2.75) is 6.92 Å². The van der Waals surface area contributed by atoms with Crippen molar-refractivity contribution < 1.29 is 0 Å². The molecule has 0 fully saturated rings. The number of aryl methyl sites for hydroxylation is 1. The van der Waals surface area contributed by atoms with E-state index in [1.807, 2.05) is 6.08 Å². The van der Waals surface area contributed by atoms with Crippen molar-refractivity contribution in [3.8, 4) is 0 Å². The molecule has 2 heterocycles. The zero-order chi connectivity index (χ0) is 14.6. The van der Waals surface area contributed by atoms with Gasteiger partial charge in [0, 0.05) is 16.6 Å². The van der Waals surface area contributed by atoms with Gasteiger partial charge in [-0.2, -0.15) is 0 Å². The van der Waals surface area contributed by atoms with E-state index in [4.69, 9.17) is 0 Å². The van der Waals surface area contributed by atoms with Gasteiger partial charge in [-0.1, -0.05) is 43.5 Å². The van der Waals surface area contributed by atoms with Crippen LogP contribution in [0.5, 0.6) is 0 Å². The molecule has 0 spiro atoms. The van der Waals surface area contributed by atoms with Crippen LogP contribution in [0.25, 0.3) is 33.3 Å². The van der Waals surface area contributed by atoms with Gasteiger partial charge in [0.1, 0.15) is 5.65 Å². The predicted octanol–water partition coefficient (Wildman–Crippen LogP) is 5.01. The van der Waals surface area contributed by atoms with E-state index in [2.05, 4.69) is 77.6 Å². The smallest absolute Gasteiger partial charge is 0.126 e. The minimum atomic E-state index is 0.895. The molecular weight excluding hydrogens is 256 g/mol. The number of hydrogen-bond acceptors (Lipinski definition) is 0. The van der Waals surface area contributed by atoms with Crippen LogP contribution in [0.2, 0.25) is 0 Å². The van der Waals surface area contributed by atoms with Crippen molar-refractivity contribution in [2.24, 2.45) is 0 Å². The van der Waals surface area contributed by atoms with Crippen LogP contribution in [0.4, 0.5) is 0 Å². The third kappa shape index (κ3) is 1.42. The highest BCUT2D eigenvalue weighted by Gasteiger charge is 2.17. The van der Waals surface area contributed by atoms with Crippen LogP contribution in [0, 0.1) is 6.92 Å². The largest absolute Gasteiger partial charge is 0.294 e. The van der Waals surface area contributed by atoms with Crippen molar-refractivity contribution in [3.05, 3.63) is 73.3 Å². The predicted molar refractivity (Wildman–Crippen MR) is 90.7 cm³/mol. The lowest BCUT2D eigenvalue weighted by molar-refractivity contribution is 1.18. The first kappa shape index (κ1) is 12.0. The molecule has 102 valence electrons. The SMILES string of the molecule is C=CC(=C)n1c2ccccc2n2c3ccccc3c(C)c12. The standard InChI is InChI=1S/C19H16N2/c1-4-13(2)20-17-11-7-8-12-18(17)21-16-10-6-5-9-15(16)14(3)19(20)21/h4-12H,1-2H2,3H3. The molecule has 0 N–H and O–H groups in total. The van der Waals surface area contributed by atoms with Gasteiger partial charge in [-0.25, -0.2) is 0 Å². The third-order valence-electron chi connectivity index (χ3n) is 4.19. The Hall–Kier alpha value is -2.74. The Labute approximate surface area is 123 Å². The zero-order valence-electron chi connectivity index (χ0n) is 12.0. The molecule has 21 heavy (non-hydrogen) atoms. The van der Waals surface area contributed by atoms with Gasteiger partial charge in [-0.05, 0) is 31.2 Å². The van der Waals surface area contributed by atoms with E-state index >= 15 is 0 Å². The molecule has 0 unspecified atom stereocenters. The summed E-state index contributed by atoms with van der Waals surface area (Å²) in [6, 6.07) is 16.9. The number of fused-ring (bicyclic) bond motifs is 5. The minimum Gasteiger partial charge on any atom is -0.294 e. The highest BCUT2D eigenvalue weighted by atomic mass is 15.1. The lowest BCUT2D eigenvalue weighted by Crippen LogP contribution is -1.93. The summed E-state index contributed by atoms with van der Waals surface area (Å²) >= 11 is 0. The van der Waals surface area contributed by atoms with Gasteiger partial charge in [0.25, 0.3) is 0 Å². The molecule has 2 heteroatoms.